The van der Waals surface area contributed by atoms with E-state index in [0.717, 1.165) is 12.8 Å². The number of fused-ring (bicyclic) bond motifs is 1. The molecule has 0 bridgehead atoms. The summed E-state index contributed by atoms with van der Waals surface area (Å²) in [6, 6.07) is 19.7. The molecule has 102 valence electrons. The van der Waals surface area contributed by atoms with Gasteiger partial charge in [0, 0.05) is 17.1 Å². The molecule has 1 atom stereocenters. The molecule has 0 aliphatic rings. The predicted octanol–water partition coefficient (Wildman–Crippen LogP) is 5.27. The number of hydrogen-bond donors (Lipinski definition) is 1. The average molecular weight is 263 g/mol. The zero-order valence-electron chi connectivity index (χ0n) is 12.2. The van der Waals surface area contributed by atoms with Gasteiger partial charge in [-0.05, 0) is 35.4 Å². The molecule has 0 aliphatic heterocycles. The van der Waals surface area contributed by atoms with E-state index in [9.17, 15) is 0 Å². The second-order valence-electron chi connectivity index (χ2n) is 5.33. The first-order valence-corrected chi connectivity index (χ1v) is 7.49. The lowest BCUT2D eigenvalue weighted by Crippen LogP contribution is -1.99. The smallest absolute Gasteiger partial charge is 0.0488 e. The number of aryl methyl sites for hydroxylation is 1. The van der Waals surface area contributed by atoms with Gasteiger partial charge < -0.3 is 4.98 Å². The first kappa shape index (κ1) is 13.0. The summed E-state index contributed by atoms with van der Waals surface area (Å²) in [4.78, 5) is 3.66. The quantitative estimate of drug-likeness (QED) is 0.659. The molecule has 1 unspecified atom stereocenters. The minimum absolute atomic E-state index is 0.452. The third-order valence-electron chi connectivity index (χ3n) is 4.13. The summed E-state index contributed by atoms with van der Waals surface area (Å²) in [6.45, 7) is 4.47. The monoisotopic (exact) mass is 263 g/mol. The van der Waals surface area contributed by atoms with E-state index < -0.39 is 0 Å². The van der Waals surface area contributed by atoms with Crippen molar-refractivity contribution in [1.82, 2.24) is 4.98 Å². The topological polar surface area (TPSA) is 15.8 Å². The highest BCUT2D eigenvalue weighted by molar-refractivity contribution is 5.83. The molecule has 1 heteroatoms. The standard InChI is InChI=1S/C19H21N/c1-3-14-11-8-12-16-13-18(20-19(14)16)17(4-2)15-9-6-5-7-10-15/h5-13,17,20H,3-4H2,1-2H3. The van der Waals surface area contributed by atoms with Crippen molar-refractivity contribution < 1.29 is 0 Å². The number of para-hydroxylation sites is 1. The van der Waals surface area contributed by atoms with Crippen LogP contribution in [0, 0.1) is 0 Å². The Balaban J connectivity index is 2.09. The molecule has 3 rings (SSSR count). The summed E-state index contributed by atoms with van der Waals surface area (Å²) in [5.41, 5.74) is 5.42. The summed E-state index contributed by atoms with van der Waals surface area (Å²) in [5, 5.41) is 1.33. The molecule has 1 nitrogen and oxygen atoms in total. The summed E-state index contributed by atoms with van der Waals surface area (Å²) in [6.07, 6.45) is 2.18. The average Bonchev–Trinajstić information content (AvgIpc) is 2.92. The van der Waals surface area contributed by atoms with Crippen molar-refractivity contribution in [3.8, 4) is 0 Å². The van der Waals surface area contributed by atoms with Gasteiger partial charge in [-0.3, -0.25) is 0 Å². The molecule has 0 radical (unpaired) electrons. The largest absolute Gasteiger partial charge is 0.358 e. The van der Waals surface area contributed by atoms with Gasteiger partial charge in [-0.1, -0.05) is 62.4 Å². The van der Waals surface area contributed by atoms with Crippen LogP contribution in [-0.2, 0) is 6.42 Å². The molecule has 0 aliphatic carbocycles. The lowest BCUT2D eigenvalue weighted by molar-refractivity contribution is 0.757. The van der Waals surface area contributed by atoms with E-state index in [0.29, 0.717) is 5.92 Å². The summed E-state index contributed by atoms with van der Waals surface area (Å²) in [5.74, 6) is 0.452. The summed E-state index contributed by atoms with van der Waals surface area (Å²) in [7, 11) is 0. The van der Waals surface area contributed by atoms with Crippen LogP contribution in [0.4, 0.5) is 0 Å². The van der Waals surface area contributed by atoms with Crippen LogP contribution in [0.25, 0.3) is 10.9 Å². The Kier molecular flexibility index (Phi) is 3.60. The maximum atomic E-state index is 3.66. The van der Waals surface area contributed by atoms with E-state index in [-0.39, 0.29) is 0 Å². The van der Waals surface area contributed by atoms with Crippen LogP contribution in [0.2, 0.25) is 0 Å². The maximum absolute atomic E-state index is 3.66. The molecule has 1 heterocycles. The molecule has 0 fully saturated rings. The van der Waals surface area contributed by atoms with Crippen LogP contribution in [0.5, 0.6) is 0 Å². The number of H-pyrrole nitrogens is 1. The molecule has 1 N–H and O–H groups in total. The van der Waals surface area contributed by atoms with Gasteiger partial charge >= 0.3 is 0 Å². The summed E-state index contributed by atoms with van der Waals surface area (Å²) < 4.78 is 0. The van der Waals surface area contributed by atoms with E-state index in [2.05, 4.69) is 73.4 Å². The highest BCUT2D eigenvalue weighted by Gasteiger charge is 2.15. The molecule has 0 saturated heterocycles. The fraction of sp³-hybridized carbons (Fsp3) is 0.263. The van der Waals surface area contributed by atoms with E-state index in [1.54, 1.807) is 0 Å². The van der Waals surface area contributed by atoms with E-state index in [4.69, 9.17) is 0 Å². The Hall–Kier alpha value is -2.02. The molecule has 0 amide bonds. The Morgan fingerprint density at radius 2 is 1.75 bits per heavy atom. The molecule has 20 heavy (non-hydrogen) atoms. The van der Waals surface area contributed by atoms with Crippen LogP contribution in [0.15, 0.2) is 54.6 Å². The Labute approximate surface area is 120 Å². The van der Waals surface area contributed by atoms with Crippen molar-refractivity contribution in [2.45, 2.75) is 32.6 Å². The Morgan fingerprint density at radius 3 is 2.45 bits per heavy atom. The van der Waals surface area contributed by atoms with Crippen LogP contribution in [-0.4, -0.2) is 4.98 Å². The molecule has 1 aromatic heterocycles. The normalized spacial score (nSPS) is 12.7. The first-order chi connectivity index (χ1) is 9.83. The molecule has 3 aromatic rings. The molecular formula is C19H21N. The third-order valence-corrected chi connectivity index (χ3v) is 4.13. The van der Waals surface area contributed by atoms with E-state index in [1.165, 1.54) is 27.7 Å². The molecule has 0 spiro atoms. The van der Waals surface area contributed by atoms with Gasteiger partial charge in [-0.2, -0.15) is 0 Å². The van der Waals surface area contributed by atoms with Gasteiger partial charge in [0.1, 0.15) is 0 Å². The number of rotatable bonds is 4. The number of benzene rings is 2. The van der Waals surface area contributed by atoms with Crippen molar-refractivity contribution in [3.63, 3.8) is 0 Å². The predicted molar refractivity (Wildman–Crippen MR) is 86.3 cm³/mol. The second-order valence-corrected chi connectivity index (χ2v) is 5.33. The summed E-state index contributed by atoms with van der Waals surface area (Å²) >= 11 is 0. The van der Waals surface area contributed by atoms with E-state index in [1.807, 2.05) is 0 Å². The van der Waals surface area contributed by atoms with Gasteiger partial charge in [0.25, 0.3) is 0 Å². The minimum atomic E-state index is 0.452. The van der Waals surface area contributed by atoms with Crippen molar-refractivity contribution in [2.75, 3.05) is 0 Å². The molecule has 2 aromatic carbocycles. The van der Waals surface area contributed by atoms with Gasteiger partial charge in [-0.15, -0.1) is 0 Å². The fourth-order valence-electron chi connectivity index (χ4n) is 3.04. The third kappa shape index (κ3) is 2.24. The highest BCUT2D eigenvalue weighted by atomic mass is 14.7. The fourth-order valence-corrected chi connectivity index (χ4v) is 3.04. The minimum Gasteiger partial charge on any atom is -0.358 e. The second kappa shape index (κ2) is 5.54. The number of aromatic amines is 1. The van der Waals surface area contributed by atoms with Gasteiger partial charge in [0.05, 0.1) is 0 Å². The molecular weight excluding hydrogens is 242 g/mol. The van der Waals surface area contributed by atoms with Crippen LogP contribution in [0.3, 0.4) is 0 Å². The van der Waals surface area contributed by atoms with Gasteiger partial charge in [0.2, 0.25) is 0 Å². The van der Waals surface area contributed by atoms with Crippen LogP contribution in [0.1, 0.15) is 43.0 Å². The van der Waals surface area contributed by atoms with E-state index >= 15 is 0 Å². The zero-order valence-corrected chi connectivity index (χ0v) is 12.2. The Bertz CT molecular complexity index is 694. The van der Waals surface area contributed by atoms with Crippen LogP contribution < -0.4 is 0 Å². The lowest BCUT2D eigenvalue weighted by atomic mass is 9.93. The molecule has 0 saturated carbocycles. The Morgan fingerprint density at radius 1 is 0.950 bits per heavy atom. The highest BCUT2D eigenvalue weighted by Crippen LogP contribution is 2.30. The van der Waals surface area contributed by atoms with Crippen LogP contribution >= 0.6 is 0 Å². The first-order valence-electron chi connectivity index (χ1n) is 7.49. The number of aromatic nitrogens is 1. The zero-order chi connectivity index (χ0) is 13.9. The van der Waals surface area contributed by atoms with Crippen molar-refractivity contribution >= 4 is 10.9 Å². The maximum Gasteiger partial charge on any atom is 0.0488 e. The van der Waals surface area contributed by atoms with Crippen molar-refractivity contribution in [1.29, 1.82) is 0 Å². The number of nitrogens with one attached hydrogen (secondary N) is 1. The van der Waals surface area contributed by atoms with Crippen molar-refractivity contribution in [3.05, 3.63) is 71.4 Å². The van der Waals surface area contributed by atoms with Crippen molar-refractivity contribution in [2.24, 2.45) is 0 Å². The van der Waals surface area contributed by atoms with Gasteiger partial charge in [0.15, 0.2) is 0 Å². The lowest BCUT2D eigenvalue weighted by Gasteiger charge is -2.13. The SMILES string of the molecule is CCc1cccc2cc(C(CC)c3ccccc3)[nH]c12. The van der Waals surface area contributed by atoms with Gasteiger partial charge in [-0.25, -0.2) is 0 Å². The number of hydrogen-bond acceptors (Lipinski definition) is 0.